The number of hydrogen-bond acceptors (Lipinski definition) is 3. The number of nitrogens with two attached hydrogens (primary N) is 1. The molecule has 2 N–H and O–H groups in total. The van der Waals surface area contributed by atoms with Crippen molar-refractivity contribution in [2.75, 3.05) is 13.2 Å². The second-order valence-corrected chi connectivity index (χ2v) is 3.57. The van der Waals surface area contributed by atoms with Gasteiger partial charge in [0, 0.05) is 6.42 Å². The fourth-order valence-corrected chi connectivity index (χ4v) is 1.02. The van der Waals surface area contributed by atoms with Crippen LogP contribution in [-0.4, -0.2) is 19.1 Å². The quantitative estimate of drug-likeness (QED) is 0.463. The van der Waals surface area contributed by atoms with Gasteiger partial charge in [0.25, 0.3) is 0 Å². The lowest BCUT2D eigenvalue weighted by Gasteiger charge is -2.28. The molecule has 0 spiro atoms. The van der Waals surface area contributed by atoms with Crippen LogP contribution in [0.1, 0.15) is 52.9 Å². The van der Waals surface area contributed by atoms with E-state index < -0.39 is 5.91 Å². The normalized spacial score (nSPS) is 12.0. The Hall–Kier alpha value is -0.120. The Labute approximate surface area is 88.0 Å². The predicted molar refractivity (Wildman–Crippen MR) is 58.9 cm³/mol. The van der Waals surface area contributed by atoms with Crippen LogP contribution in [0.15, 0.2) is 0 Å². The molecule has 0 unspecified atom stereocenters. The van der Waals surface area contributed by atoms with Gasteiger partial charge in [0.05, 0.1) is 13.2 Å². The van der Waals surface area contributed by atoms with Crippen LogP contribution in [0.3, 0.4) is 0 Å². The van der Waals surface area contributed by atoms with E-state index in [0.717, 1.165) is 25.7 Å². The molecule has 0 atom stereocenters. The minimum absolute atomic E-state index is 0.687. The van der Waals surface area contributed by atoms with E-state index in [1.54, 1.807) is 0 Å². The first-order chi connectivity index (χ1) is 6.68. The monoisotopic (exact) mass is 203 g/mol. The Balaban J connectivity index is 3.67. The van der Waals surface area contributed by atoms with Crippen LogP contribution in [0.5, 0.6) is 0 Å². The lowest BCUT2D eigenvalue weighted by atomic mass is 10.3. The lowest BCUT2D eigenvalue weighted by Crippen LogP contribution is -2.45. The van der Waals surface area contributed by atoms with E-state index in [2.05, 4.69) is 13.8 Å². The molecule has 0 aromatic heterocycles. The standard InChI is InChI=1S/C11H25NO2/c1-4-7-9-13-11(12,6-3)14-10-8-5-2/h4-10,12H2,1-3H3. The van der Waals surface area contributed by atoms with Crippen molar-refractivity contribution in [3.8, 4) is 0 Å². The molecule has 14 heavy (non-hydrogen) atoms. The Morgan fingerprint density at radius 3 is 1.64 bits per heavy atom. The summed E-state index contributed by atoms with van der Waals surface area (Å²) in [4.78, 5) is 0. The van der Waals surface area contributed by atoms with Crippen molar-refractivity contribution in [1.29, 1.82) is 0 Å². The molecule has 0 radical (unpaired) electrons. The molecular weight excluding hydrogens is 178 g/mol. The van der Waals surface area contributed by atoms with Crippen molar-refractivity contribution in [3.63, 3.8) is 0 Å². The molecule has 0 aliphatic carbocycles. The van der Waals surface area contributed by atoms with E-state index >= 15 is 0 Å². The van der Waals surface area contributed by atoms with Gasteiger partial charge < -0.3 is 9.47 Å². The van der Waals surface area contributed by atoms with E-state index in [-0.39, 0.29) is 0 Å². The maximum absolute atomic E-state index is 5.93. The Kier molecular flexibility index (Phi) is 8.14. The van der Waals surface area contributed by atoms with E-state index in [1.807, 2.05) is 6.92 Å². The second kappa shape index (κ2) is 8.21. The maximum atomic E-state index is 5.93. The fourth-order valence-electron chi connectivity index (χ4n) is 1.02. The number of ether oxygens (including phenoxy) is 2. The predicted octanol–water partition coefficient (Wildman–Crippen LogP) is 2.64. The fraction of sp³-hybridized carbons (Fsp3) is 1.00. The summed E-state index contributed by atoms with van der Waals surface area (Å²) >= 11 is 0. The van der Waals surface area contributed by atoms with E-state index in [0.29, 0.717) is 19.6 Å². The summed E-state index contributed by atoms with van der Waals surface area (Å²) in [5.74, 6) is -0.857. The molecule has 0 bridgehead atoms. The highest BCUT2D eigenvalue weighted by Gasteiger charge is 2.23. The summed E-state index contributed by atoms with van der Waals surface area (Å²) in [7, 11) is 0. The summed E-state index contributed by atoms with van der Waals surface area (Å²) < 4.78 is 11.0. The summed E-state index contributed by atoms with van der Waals surface area (Å²) in [6.07, 6.45) is 5.01. The SMILES string of the molecule is CCCCOC(N)(CC)OCCCC. The van der Waals surface area contributed by atoms with Gasteiger partial charge in [-0.25, -0.2) is 0 Å². The third-order valence-corrected chi connectivity index (χ3v) is 2.18. The molecule has 0 rings (SSSR count). The molecule has 0 heterocycles. The summed E-state index contributed by atoms with van der Waals surface area (Å²) in [5.41, 5.74) is 5.93. The van der Waals surface area contributed by atoms with Crippen molar-refractivity contribution in [2.45, 2.75) is 58.8 Å². The second-order valence-electron chi connectivity index (χ2n) is 3.57. The summed E-state index contributed by atoms with van der Waals surface area (Å²) in [6.45, 7) is 7.62. The van der Waals surface area contributed by atoms with E-state index in [9.17, 15) is 0 Å². The van der Waals surface area contributed by atoms with Gasteiger partial charge in [0.1, 0.15) is 0 Å². The molecule has 3 nitrogen and oxygen atoms in total. The molecule has 0 aromatic carbocycles. The van der Waals surface area contributed by atoms with Crippen molar-refractivity contribution in [2.24, 2.45) is 5.73 Å². The Morgan fingerprint density at radius 1 is 0.929 bits per heavy atom. The van der Waals surface area contributed by atoms with Crippen LogP contribution < -0.4 is 5.73 Å². The Bertz CT molecular complexity index is 118. The minimum Gasteiger partial charge on any atom is -0.338 e. The lowest BCUT2D eigenvalue weighted by molar-refractivity contribution is -0.236. The average Bonchev–Trinajstić information content (AvgIpc) is 2.19. The van der Waals surface area contributed by atoms with E-state index in [4.69, 9.17) is 15.2 Å². The first kappa shape index (κ1) is 13.9. The molecule has 86 valence electrons. The van der Waals surface area contributed by atoms with Gasteiger partial charge in [-0.2, -0.15) is 0 Å². The number of unbranched alkanes of at least 4 members (excludes halogenated alkanes) is 2. The van der Waals surface area contributed by atoms with Gasteiger partial charge in [-0.05, 0) is 12.8 Å². The highest BCUT2D eigenvalue weighted by atomic mass is 16.7. The van der Waals surface area contributed by atoms with Gasteiger partial charge >= 0.3 is 0 Å². The zero-order chi connectivity index (χ0) is 10.9. The molecule has 0 amide bonds. The van der Waals surface area contributed by atoms with Crippen molar-refractivity contribution < 1.29 is 9.47 Å². The van der Waals surface area contributed by atoms with Gasteiger partial charge in [-0.1, -0.05) is 33.6 Å². The van der Waals surface area contributed by atoms with Crippen molar-refractivity contribution >= 4 is 0 Å². The van der Waals surface area contributed by atoms with Gasteiger partial charge in [-0.3, -0.25) is 5.73 Å². The zero-order valence-corrected chi connectivity index (χ0v) is 9.84. The van der Waals surface area contributed by atoms with Gasteiger partial charge in [0.15, 0.2) is 0 Å². The average molecular weight is 203 g/mol. The van der Waals surface area contributed by atoms with Crippen molar-refractivity contribution in [3.05, 3.63) is 0 Å². The minimum atomic E-state index is -0.857. The van der Waals surface area contributed by atoms with Crippen LogP contribution in [0.2, 0.25) is 0 Å². The zero-order valence-electron chi connectivity index (χ0n) is 9.84. The molecule has 3 heteroatoms. The smallest absolute Gasteiger partial charge is 0.224 e. The van der Waals surface area contributed by atoms with Crippen LogP contribution in [0.25, 0.3) is 0 Å². The molecule has 0 saturated heterocycles. The highest BCUT2D eigenvalue weighted by molar-refractivity contribution is 4.58. The van der Waals surface area contributed by atoms with Gasteiger partial charge in [0.2, 0.25) is 5.91 Å². The van der Waals surface area contributed by atoms with E-state index in [1.165, 1.54) is 0 Å². The largest absolute Gasteiger partial charge is 0.338 e. The number of hydrogen-bond donors (Lipinski definition) is 1. The van der Waals surface area contributed by atoms with Crippen LogP contribution in [0, 0.1) is 0 Å². The third-order valence-electron chi connectivity index (χ3n) is 2.18. The summed E-state index contributed by atoms with van der Waals surface area (Å²) in [5, 5.41) is 0. The number of rotatable bonds is 9. The Morgan fingerprint density at radius 2 is 1.36 bits per heavy atom. The third kappa shape index (κ3) is 6.35. The van der Waals surface area contributed by atoms with Crippen molar-refractivity contribution in [1.82, 2.24) is 0 Å². The first-order valence-corrected chi connectivity index (χ1v) is 5.75. The van der Waals surface area contributed by atoms with Gasteiger partial charge in [-0.15, -0.1) is 0 Å². The molecule has 0 fully saturated rings. The van der Waals surface area contributed by atoms with Crippen LogP contribution in [-0.2, 0) is 9.47 Å². The topological polar surface area (TPSA) is 44.5 Å². The molecule has 0 saturated carbocycles. The summed E-state index contributed by atoms with van der Waals surface area (Å²) in [6, 6.07) is 0. The molecule has 0 aromatic rings. The van der Waals surface area contributed by atoms with Crippen LogP contribution in [0.4, 0.5) is 0 Å². The highest BCUT2D eigenvalue weighted by Crippen LogP contribution is 2.12. The molecular formula is C11H25NO2. The molecule has 0 aliphatic heterocycles. The molecule has 0 aliphatic rings. The first-order valence-electron chi connectivity index (χ1n) is 5.75. The van der Waals surface area contributed by atoms with Crippen LogP contribution >= 0.6 is 0 Å². The maximum Gasteiger partial charge on any atom is 0.224 e.